The maximum atomic E-state index is 11.5. The van der Waals surface area contributed by atoms with E-state index in [1.54, 1.807) is 20.8 Å². The van der Waals surface area contributed by atoms with Gasteiger partial charge in [-0.15, -0.1) is 0 Å². The maximum Gasteiger partial charge on any atom is 0.315 e. The lowest BCUT2D eigenvalue weighted by Crippen LogP contribution is -2.51. The second-order valence-corrected chi connectivity index (χ2v) is 4.91. The zero-order valence-corrected chi connectivity index (χ0v) is 11.6. The van der Waals surface area contributed by atoms with Gasteiger partial charge in [-0.25, -0.2) is 4.79 Å². The largest absolute Gasteiger partial charge is 0.481 e. The van der Waals surface area contributed by atoms with Gasteiger partial charge in [-0.05, 0) is 18.8 Å². The van der Waals surface area contributed by atoms with Crippen molar-refractivity contribution in [3.8, 4) is 0 Å². The fraction of sp³-hybridized carbons (Fsp3) is 0.750. The summed E-state index contributed by atoms with van der Waals surface area (Å²) >= 11 is 0. The first-order chi connectivity index (χ1) is 8.75. The van der Waals surface area contributed by atoms with Crippen molar-refractivity contribution in [2.24, 2.45) is 17.6 Å². The van der Waals surface area contributed by atoms with Gasteiger partial charge in [0.05, 0.1) is 5.92 Å². The van der Waals surface area contributed by atoms with Crippen LogP contribution in [0.1, 0.15) is 33.6 Å². The van der Waals surface area contributed by atoms with Crippen LogP contribution in [0.15, 0.2) is 0 Å². The molecular weight excluding hydrogens is 250 g/mol. The van der Waals surface area contributed by atoms with E-state index in [1.165, 1.54) is 0 Å². The van der Waals surface area contributed by atoms with Gasteiger partial charge in [0.1, 0.15) is 6.04 Å². The number of hydrogen-bond donors (Lipinski definition) is 4. The van der Waals surface area contributed by atoms with Crippen molar-refractivity contribution in [2.45, 2.75) is 39.7 Å². The second kappa shape index (κ2) is 8.34. The second-order valence-electron chi connectivity index (χ2n) is 4.91. The average molecular weight is 273 g/mol. The molecule has 0 spiro atoms. The number of nitrogens with one attached hydrogen (secondary N) is 2. The van der Waals surface area contributed by atoms with Crippen LogP contribution in [0.4, 0.5) is 4.79 Å². The highest BCUT2D eigenvalue weighted by Gasteiger charge is 2.21. The van der Waals surface area contributed by atoms with Gasteiger partial charge in [0.15, 0.2) is 0 Å². The zero-order valence-electron chi connectivity index (χ0n) is 11.6. The van der Waals surface area contributed by atoms with Gasteiger partial charge in [0, 0.05) is 6.54 Å². The van der Waals surface area contributed by atoms with Crippen LogP contribution in [0.2, 0.25) is 0 Å². The summed E-state index contributed by atoms with van der Waals surface area (Å²) in [6.07, 6.45) is 1.04. The molecule has 0 aliphatic carbocycles. The number of rotatable bonds is 8. The Morgan fingerprint density at radius 2 is 1.79 bits per heavy atom. The predicted octanol–water partition coefficient (Wildman–Crippen LogP) is 0.296. The van der Waals surface area contributed by atoms with Gasteiger partial charge < -0.3 is 21.5 Å². The van der Waals surface area contributed by atoms with E-state index in [1.807, 2.05) is 0 Å². The van der Waals surface area contributed by atoms with Crippen LogP contribution in [-0.4, -0.2) is 35.6 Å². The normalized spacial score (nSPS) is 13.7. The Kier molecular flexibility index (Phi) is 7.55. The van der Waals surface area contributed by atoms with Crippen molar-refractivity contribution < 1.29 is 19.5 Å². The summed E-state index contributed by atoms with van der Waals surface area (Å²) < 4.78 is 0. The molecule has 0 aromatic carbocycles. The van der Waals surface area contributed by atoms with Gasteiger partial charge in [-0.2, -0.15) is 0 Å². The SMILES string of the molecule is CC(CCCNC(=O)NC(C(N)=O)C(C)C)C(=O)O. The molecule has 0 fully saturated rings. The number of urea groups is 1. The van der Waals surface area contributed by atoms with Gasteiger partial charge in [0.2, 0.25) is 5.91 Å². The van der Waals surface area contributed by atoms with Crippen molar-refractivity contribution in [3.05, 3.63) is 0 Å². The fourth-order valence-electron chi connectivity index (χ4n) is 1.49. The highest BCUT2D eigenvalue weighted by atomic mass is 16.4. The van der Waals surface area contributed by atoms with Gasteiger partial charge in [0.25, 0.3) is 0 Å². The molecule has 0 aromatic heterocycles. The Morgan fingerprint density at radius 1 is 1.21 bits per heavy atom. The molecule has 2 unspecified atom stereocenters. The van der Waals surface area contributed by atoms with Crippen LogP contribution >= 0.6 is 0 Å². The highest BCUT2D eigenvalue weighted by Crippen LogP contribution is 2.04. The molecular formula is C12H23N3O4. The summed E-state index contributed by atoms with van der Waals surface area (Å²) in [5.41, 5.74) is 5.17. The molecule has 0 aliphatic rings. The van der Waals surface area contributed by atoms with E-state index in [0.717, 1.165) is 0 Å². The van der Waals surface area contributed by atoms with E-state index in [0.29, 0.717) is 19.4 Å². The Morgan fingerprint density at radius 3 is 2.21 bits per heavy atom. The molecule has 0 saturated carbocycles. The number of primary amides is 1. The van der Waals surface area contributed by atoms with E-state index in [4.69, 9.17) is 10.8 Å². The Hall–Kier alpha value is -1.79. The van der Waals surface area contributed by atoms with Crippen LogP contribution in [-0.2, 0) is 9.59 Å². The molecule has 0 heterocycles. The standard InChI is InChI=1S/C12H23N3O4/c1-7(2)9(10(13)16)15-12(19)14-6-4-5-8(3)11(17)18/h7-9H,4-6H2,1-3H3,(H2,13,16)(H,17,18)(H2,14,15,19). The number of carboxylic acid groups (broad SMARTS) is 1. The molecule has 7 heteroatoms. The summed E-state index contributed by atoms with van der Waals surface area (Å²) in [4.78, 5) is 33.2. The highest BCUT2D eigenvalue weighted by molar-refractivity contribution is 5.86. The molecule has 7 nitrogen and oxygen atoms in total. The number of nitrogens with two attached hydrogens (primary N) is 1. The van der Waals surface area contributed by atoms with Crippen molar-refractivity contribution >= 4 is 17.9 Å². The molecule has 5 N–H and O–H groups in total. The van der Waals surface area contributed by atoms with Gasteiger partial charge >= 0.3 is 12.0 Å². The molecule has 0 aromatic rings. The molecule has 0 saturated heterocycles. The third-order valence-corrected chi connectivity index (χ3v) is 2.78. The minimum Gasteiger partial charge on any atom is -0.481 e. The molecule has 2 atom stereocenters. The Balaban J connectivity index is 3.93. The van der Waals surface area contributed by atoms with Gasteiger partial charge in [-0.1, -0.05) is 20.8 Å². The number of carbonyl (C=O) groups excluding carboxylic acids is 2. The molecule has 0 bridgehead atoms. The molecule has 0 rings (SSSR count). The lowest BCUT2D eigenvalue weighted by atomic mass is 10.0. The third kappa shape index (κ3) is 7.28. The van der Waals surface area contributed by atoms with Crippen molar-refractivity contribution in [1.29, 1.82) is 0 Å². The lowest BCUT2D eigenvalue weighted by molar-refractivity contribution is -0.141. The summed E-state index contributed by atoms with van der Waals surface area (Å²) in [5.74, 6) is -1.95. The van der Waals surface area contributed by atoms with Crippen molar-refractivity contribution in [3.63, 3.8) is 0 Å². The van der Waals surface area contributed by atoms with Crippen LogP contribution in [0, 0.1) is 11.8 Å². The van der Waals surface area contributed by atoms with Gasteiger partial charge in [-0.3, -0.25) is 9.59 Å². The minimum absolute atomic E-state index is 0.0877. The third-order valence-electron chi connectivity index (χ3n) is 2.78. The predicted molar refractivity (Wildman–Crippen MR) is 70.4 cm³/mol. The van der Waals surface area contributed by atoms with Crippen LogP contribution in [0.25, 0.3) is 0 Å². The fourth-order valence-corrected chi connectivity index (χ4v) is 1.49. The molecule has 0 radical (unpaired) electrons. The molecule has 0 aliphatic heterocycles. The summed E-state index contributed by atoms with van der Waals surface area (Å²) in [6, 6.07) is -1.18. The number of carboxylic acids is 1. The summed E-state index contributed by atoms with van der Waals surface area (Å²) in [6.45, 7) is 5.53. The zero-order chi connectivity index (χ0) is 15.0. The van der Waals surface area contributed by atoms with Crippen molar-refractivity contribution in [1.82, 2.24) is 10.6 Å². The Labute approximate surface area is 112 Å². The number of carbonyl (C=O) groups is 3. The molecule has 3 amide bonds. The van der Waals surface area contributed by atoms with Crippen LogP contribution in [0.5, 0.6) is 0 Å². The molecule has 110 valence electrons. The lowest BCUT2D eigenvalue weighted by Gasteiger charge is -2.19. The monoisotopic (exact) mass is 273 g/mol. The summed E-state index contributed by atoms with van der Waals surface area (Å²) in [5, 5.41) is 13.7. The van der Waals surface area contributed by atoms with E-state index in [2.05, 4.69) is 10.6 Å². The van der Waals surface area contributed by atoms with E-state index < -0.39 is 29.9 Å². The average Bonchev–Trinajstić information content (AvgIpc) is 2.30. The maximum absolute atomic E-state index is 11.5. The first-order valence-corrected chi connectivity index (χ1v) is 6.32. The Bertz CT molecular complexity index is 331. The number of aliphatic carboxylic acids is 1. The smallest absolute Gasteiger partial charge is 0.315 e. The minimum atomic E-state index is -0.849. The first kappa shape index (κ1) is 17.2. The van der Waals surface area contributed by atoms with Crippen LogP contribution in [0.3, 0.4) is 0 Å². The summed E-state index contributed by atoms with van der Waals surface area (Å²) in [7, 11) is 0. The number of hydrogen-bond acceptors (Lipinski definition) is 3. The first-order valence-electron chi connectivity index (χ1n) is 6.32. The van der Waals surface area contributed by atoms with Crippen LogP contribution < -0.4 is 16.4 Å². The number of amides is 3. The quantitative estimate of drug-likeness (QED) is 0.475. The van der Waals surface area contributed by atoms with E-state index >= 15 is 0 Å². The van der Waals surface area contributed by atoms with Crippen molar-refractivity contribution in [2.75, 3.05) is 6.54 Å². The van der Waals surface area contributed by atoms with E-state index in [9.17, 15) is 14.4 Å². The topological polar surface area (TPSA) is 122 Å². The molecule has 19 heavy (non-hydrogen) atoms. The van der Waals surface area contributed by atoms with E-state index in [-0.39, 0.29) is 5.92 Å².